The summed E-state index contributed by atoms with van der Waals surface area (Å²) in [5, 5.41) is 3.17. The Hall–Kier alpha value is -3.52. The van der Waals surface area contributed by atoms with E-state index in [0.29, 0.717) is 23.1 Å². The molecule has 0 spiro atoms. The summed E-state index contributed by atoms with van der Waals surface area (Å²) in [7, 11) is 1.57. The molecule has 0 atom stereocenters. The number of amides is 1. The molecular weight excluding hydrogens is 426 g/mol. The molecule has 1 heterocycles. The fraction of sp³-hybridized carbons (Fsp3) is 0.250. The number of thiocarbonyl (C=S) groups is 1. The van der Waals surface area contributed by atoms with E-state index in [2.05, 4.69) is 42.1 Å². The van der Waals surface area contributed by atoms with Crippen molar-refractivity contribution < 1.29 is 18.7 Å². The first-order valence-electron chi connectivity index (χ1n) is 10.2. The Kier molecular flexibility index (Phi) is 7.72. The Bertz CT molecular complexity index is 1090. The number of anilines is 1. The maximum atomic E-state index is 12.4. The maximum absolute atomic E-state index is 12.4. The van der Waals surface area contributed by atoms with Crippen LogP contribution in [0.2, 0.25) is 0 Å². The van der Waals surface area contributed by atoms with Crippen molar-refractivity contribution in [1.82, 2.24) is 10.9 Å². The van der Waals surface area contributed by atoms with Crippen LogP contribution in [-0.2, 0) is 6.61 Å². The van der Waals surface area contributed by atoms with Gasteiger partial charge in [-0.15, -0.1) is 0 Å². The minimum atomic E-state index is -0.459. The van der Waals surface area contributed by atoms with Crippen molar-refractivity contribution in [3.05, 3.63) is 77.2 Å². The third-order valence-electron chi connectivity index (χ3n) is 4.69. The highest BCUT2D eigenvalue weighted by Crippen LogP contribution is 2.28. The molecule has 7 nitrogen and oxygen atoms in total. The molecular formula is C24H27N3O4S. The molecule has 0 unspecified atom stereocenters. The zero-order valence-corrected chi connectivity index (χ0v) is 19.3. The summed E-state index contributed by atoms with van der Waals surface area (Å²) in [5.74, 6) is 2.01. The van der Waals surface area contributed by atoms with Crippen molar-refractivity contribution in [2.45, 2.75) is 33.3 Å². The van der Waals surface area contributed by atoms with Crippen LogP contribution in [0, 0.1) is 6.92 Å². The molecule has 168 valence electrons. The van der Waals surface area contributed by atoms with Gasteiger partial charge in [-0.25, -0.2) is 0 Å². The first-order valence-corrected chi connectivity index (χ1v) is 10.6. The number of para-hydroxylation sites is 2. The number of hydrazine groups is 1. The number of hydrogen-bond acceptors (Lipinski definition) is 5. The molecule has 1 aromatic heterocycles. The van der Waals surface area contributed by atoms with Gasteiger partial charge in [-0.2, -0.15) is 0 Å². The standard InChI is InChI=1S/C24H27N3O4S/c1-15(2)18-11-9-16(3)13-22(18)30-14-17-10-12-21(31-17)23(28)26-27-24(32)25-19-7-5-6-8-20(19)29-4/h5-13,15H,14H2,1-4H3,(H,26,28)(H2,25,27,32). The van der Waals surface area contributed by atoms with Crippen molar-refractivity contribution in [3.63, 3.8) is 0 Å². The molecule has 8 heteroatoms. The number of aryl methyl sites for hydroxylation is 1. The first kappa shape index (κ1) is 23.1. The molecule has 0 saturated heterocycles. The fourth-order valence-corrected chi connectivity index (χ4v) is 3.21. The minimum absolute atomic E-state index is 0.143. The lowest BCUT2D eigenvalue weighted by Crippen LogP contribution is -2.43. The van der Waals surface area contributed by atoms with Gasteiger partial charge in [0.2, 0.25) is 0 Å². The van der Waals surface area contributed by atoms with E-state index in [4.69, 9.17) is 26.1 Å². The van der Waals surface area contributed by atoms with Crippen LogP contribution in [-0.4, -0.2) is 18.1 Å². The lowest BCUT2D eigenvalue weighted by Gasteiger charge is -2.14. The number of ether oxygens (including phenoxy) is 2. The zero-order chi connectivity index (χ0) is 23.1. The third-order valence-corrected chi connectivity index (χ3v) is 4.90. The third kappa shape index (κ3) is 6.01. The number of carbonyl (C=O) groups is 1. The van der Waals surface area contributed by atoms with E-state index in [9.17, 15) is 4.79 Å². The summed E-state index contributed by atoms with van der Waals surface area (Å²) in [6.45, 7) is 6.48. The molecule has 0 bridgehead atoms. The Morgan fingerprint density at radius 1 is 1.06 bits per heavy atom. The van der Waals surface area contributed by atoms with Gasteiger partial charge in [0.15, 0.2) is 10.9 Å². The van der Waals surface area contributed by atoms with Gasteiger partial charge in [0.05, 0.1) is 12.8 Å². The molecule has 3 aromatic rings. The molecule has 3 rings (SSSR count). The van der Waals surface area contributed by atoms with Gasteiger partial charge in [-0.3, -0.25) is 15.6 Å². The van der Waals surface area contributed by atoms with E-state index in [1.807, 2.05) is 31.2 Å². The van der Waals surface area contributed by atoms with Gasteiger partial charge in [0.25, 0.3) is 0 Å². The summed E-state index contributed by atoms with van der Waals surface area (Å²) < 4.78 is 16.8. The predicted molar refractivity (Wildman–Crippen MR) is 128 cm³/mol. The summed E-state index contributed by atoms with van der Waals surface area (Å²) in [4.78, 5) is 12.4. The second-order valence-corrected chi connectivity index (χ2v) is 7.89. The minimum Gasteiger partial charge on any atom is -0.495 e. The summed E-state index contributed by atoms with van der Waals surface area (Å²) in [5.41, 5.74) is 8.08. The highest BCUT2D eigenvalue weighted by Gasteiger charge is 2.14. The molecule has 0 saturated carbocycles. The summed E-state index contributed by atoms with van der Waals surface area (Å²) >= 11 is 5.21. The second kappa shape index (κ2) is 10.7. The SMILES string of the molecule is COc1ccccc1NC(=S)NNC(=O)c1ccc(COc2cc(C)ccc2C(C)C)o1. The molecule has 0 aliphatic rings. The molecule has 3 N–H and O–H groups in total. The molecule has 32 heavy (non-hydrogen) atoms. The number of rotatable bonds is 7. The zero-order valence-electron chi connectivity index (χ0n) is 18.5. The molecule has 0 aliphatic carbocycles. The van der Waals surface area contributed by atoms with E-state index in [-0.39, 0.29) is 17.5 Å². The van der Waals surface area contributed by atoms with Gasteiger partial charge in [0.1, 0.15) is 23.9 Å². The molecule has 0 aliphatic heterocycles. The normalized spacial score (nSPS) is 10.5. The quantitative estimate of drug-likeness (QED) is 0.345. The van der Waals surface area contributed by atoms with Crippen molar-refractivity contribution in [2.75, 3.05) is 12.4 Å². The van der Waals surface area contributed by atoms with Crippen LogP contribution in [0.4, 0.5) is 5.69 Å². The van der Waals surface area contributed by atoms with Gasteiger partial charge in [-0.1, -0.05) is 38.1 Å². The van der Waals surface area contributed by atoms with Crippen molar-refractivity contribution >= 4 is 28.9 Å². The van der Waals surface area contributed by atoms with Crippen LogP contribution in [0.5, 0.6) is 11.5 Å². The van der Waals surface area contributed by atoms with E-state index in [0.717, 1.165) is 16.9 Å². The average Bonchev–Trinajstić information content (AvgIpc) is 3.25. The van der Waals surface area contributed by atoms with Gasteiger partial charge in [0, 0.05) is 0 Å². The fourth-order valence-electron chi connectivity index (χ4n) is 3.05. The predicted octanol–water partition coefficient (Wildman–Crippen LogP) is 4.93. The smallest absolute Gasteiger partial charge is 0.305 e. The van der Waals surface area contributed by atoms with E-state index in [1.54, 1.807) is 25.3 Å². The van der Waals surface area contributed by atoms with E-state index >= 15 is 0 Å². The Labute approximate surface area is 193 Å². The van der Waals surface area contributed by atoms with Crippen LogP contribution < -0.4 is 25.6 Å². The maximum Gasteiger partial charge on any atom is 0.305 e. The molecule has 1 amide bonds. The van der Waals surface area contributed by atoms with Gasteiger partial charge < -0.3 is 19.2 Å². The van der Waals surface area contributed by atoms with Crippen LogP contribution in [0.3, 0.4) is 0 Å². The van der Waals surface area contributed by atoms with Gasteiger partial charge in [-0.05, 0) is 66.5 Å². The number of furan rings is 1. The van der Waals surface area contributed by atoms with Crippen LogP contribution in [0.1, 0.15) is 47.2 Å². The number of benzene rings is 2. The van der Waals surface area contributed by atoms with Crippen molar-refractivity contribution in [2.24, 2.45) is 0 Å². The Morgan fingerprint density at radius 2 is 1.84 bits per heavy atom. The Balaban J connectivity index is 1.54. The lowest BCUT2D eigenvalue weighted by molar-refractivity contribution is 0.0912. The summed E-state index contributed by atoms with van der Waals surface area (Å²) in [6.07, 6.45) is 0. The van der Waals surface area contributed by atoms with Crippen LogP contribution >= 0.6 is 12.2 Å². The average molecular weight is 454 g/mol. The molecule has 2 aromatic carbocycles. The molecule has 0 fully saturated rings. The summed E-state index contributed by atoms with van der Waals surface area (Å²) in [6, 6.07) is 16.8. The van der Waals surface area contributed by atoms with E-state index < -0.39 is 5.91 Å². The Morgan fingerprint density at radius 3 is 2.59 bits per heavy atom. The van der Waals surface area contributed by atoms with Crippen molar-refractivity contribution in [3.8, 4) is 11.5 Å². The molecule has 0 radical (unpaired) electrons. The monoisotopic (exact) mass is 453 g/mol. The highest BCUT2D eigenvalue weighted by atomic mass is 32.1. The van der Waals surface area contributed by atoms with Crippen LogP contribution in [0.15, 0.2) is 59.0 Å². The number of hydrogen-bond donors (Lipinski definition) is 3. The van der Waals surface area contributed by atoms with Crippen molar-refractivity contribution in [1.29, 1.82) is 0 Å². The largest absolute Gasteiger partial charge is 0.495 e. The second-order valence-electron chi connectivity index (χ2n) is 7.48. The number of nitrogens with one attached hydrogen (secondary N) is 3. The highest BCUT2D eigenvalue weighted by molar-refractivity contribution is 7.80. The first-order chi connectivity index (χ1) is 15.4. The van der Waals surface area contributed by atoms with Gasteiger partial charge >= 0.3 is 5.91 Å². The lowest BCUT2D eigenvalue weighted by atomic mass is 10.0. The topological polar surface area (TPSA) is 84.8 Å². The number of methoxy groups -OCH3 is 1. The van der Waals surface area contributed by atoms with Crippen LogP contribution in [0.25, 0.3) is 0 Å². The van der Waals surface area contributed by atoms with E-state index in [1.165, 1.54) is 0 Å². The number of carbonyl (C=O) groups excluding carboxylic acids is 1.